The van der Waals surface area contributed by atoms with Crippen molar-refractivity contribution in [1.29, 1.82) is 0 Å². The monoisotopic (exact) mass is 310 g/mol. The molecule has 1 amide bonds. The summed E-state index contributed by atoms with van der Waals surface area (Å²) in [5.74, 6) is 0.955. The SMILES string of the molecule is CCCC1CCC(NC/C=C/CNC(=O)OC(C)(C)C)CC1. The molecule has 22 heavy (non-hydrogen) atoms. The molecule has 0 spiro atoms. The zero-order chi connectivity index (χ0) is 16.4. The lowest BCUT2D eigenvalue weighted by Gasteiger charge is -2.28. The van der Waals surface area contributed by atoms with Gasteiger partial charge in [0.15, 0.2) is 0 Å². The molecule has 0 aromatic carbocycles. The highest BCUT2D eigenvalue weighted by Gasteiger charge is 2.19. The molecule has 1 rings (SSSR count). The average molecular weight is 310 g/mol. The lowest BCUT2D eigenvalue weighted by Crippen LogP contribution is -2.33. The number of alkyl carbamates (subject to hydrolysis) is 1. The molecule has 1 aliphatic rings. The van der Waals surface area contributed by atoms with Gasteiger partial charge in [-0.3, -0.25) is 0 Å². The summed E-state index contributed by atoms with van der Waals surface area (Å²) in [7, 11) is 0. The highest BCUT2D eigenvalue weighted by atomic mass is 16.6. The number of amides is 1. The first kappa shape index (κ1) is 19.0. The van der Waals surface area contributed by atoms with Gasteiger partial charge in [-0.1, -0.05) is 31.9 Å². The zero-order valence-electron chi connectivity index (χ0n) is 14.8. The summed E-state index contributed by atoms with van der Waals surface area (Å²) in [6.07, 6.45) is 11.7. The van der Waals surface area contributed by atoms with Crippen LogP contribution in [0.25, 0.3) is 0 Å². The highest BCUT2D eigenvalue weighted by molar-refractivity contribution is 5.67. The van der Waals surface area contributed by atoms with Gasteiger partial charge < -0.3 is 15.4 Å². The van der Waals surface area contributed by atoms with Crippen LogP contribution in [0.3, 0.4) is 0 Å². The van der Waals surface area contributed by atoms with Crippen LogP contribution >= 0.6 is 0 Å². The number of ether oxygens (including phenoxy) is 1. The number of carbonyl (C=O) groups excluding carboxylic acids is 1. The van der Waals surface area contributed by atoms with E-state index < -0.39 is 5.60 Å². The normalized spacial score (nSPS) is 22.7. The van der Waals surface area contributed by atoms with Crippen molar-refractivity contribution in [2.24, 2.45) is 5.92 Å². The smallest absolute Gasteiger partial charge is 0.407 e. The second-order valence-corrected chi connectivity index (χ2v) is 7.27. The van der Waals surface area contributed by atoms with Crippen molar-refractivity contribution in [3.05, 3.63) is 12.2 Å². The van der Waals surface area contributed by atoms with Crippen molar-refractivity contribution < 1.29 is 9.53 Å². The van der Waals surface area contributed by atoms with Gasteiger partial charge in [0.2, 0.25) is 0 Å². The lowest BCUT2D eigenvalue weighted by molar-refractivity contribution is 0.0534. The van der Waals surface area contributed by atoms with E-state index >= 15 is 0 Å². The molecule has 0 atom stereocenters. The van der Waals surface area contributed by atoms with Gasteiger partial charge in [0, 0.05) is 19.1 Å². The summed E-state index contributed by atoms with van der Waals surface area (Å²) in [4.78, 5) is 11.4. The molecule has 4 heteroatoms. The van der Waals surface area contributed by atoms with Crippen molar-refractivity contribution in [3.63, 3.8) is 0 Å². The predicted molar refractivity (Wildman–Crippen MR) is 92.0 cm³/mol. The summed E-state index contributed by atoms with van der Waals surface area (Å²) in [5, 5.41) is 6.30. The predicted octanol–water partition coefficient (Wildman–Crippen LogP) is 4.02. The number of hydrogen-bond donors (Lipinski definition) is 2. The Morgan fingerprint density at radius 2 is 1.77 bits per heavy atom. The summed E-state index contributed by atoms with van der Waals surface area (Å²) in [6, 6.07) is 0.663. The van der Waals surface area contributed by atoms with Crippen LogP contribution in [-0.4, -0.2) is 30.8 Å². The van der Waals surface area contributed by atoms with E-state index in [0.29, 0.717) is 12.6 Å². The summed E-state index contributed by atoms with van der Waals surface area (Å²) < 4.78 is 5.17. The third kappa shape index (κ3) is 9.08. The minimum atomic E-state index is -0.439. The maximum atomic E-state index is 11.4. The molecular weight excluding hydrogens is 276 g/mol. The van der Waals surface area contributed by atoms with Crippen LogP contribution in [-0.2, 0) is 4.74 Å². The van der Waals surface area contributed by atoms with Crippen molar-refractivity contribution in [2.45, 2.75) is 77.9 Å². The van der Waals surface area contributed by atoms with E-state index in [9.17, 15) is 4.79 Å². The molecule has 0 saturated heterocycles. The van der Waals surface area contributed by atoms with Gasteiger partial charge in [0.25, 0.3) is 0 Å². The minimum Gasteiger partial charge on any atom is -0.444 e. The Morgan fingerprint density at radius 1 is 1.14 bits per heavy atom. The van der Waals surface area contributed by atoms with E-state index in [1.807, 2.05) is 26.8 Å². The molecule has 0 aromatic rings. The highest BCUT2D eigenvalue weighted by Crippen LogP contribution is 2.27. The van der Waals surface area contributed by atoms with Gasteiger partial charge in [-0.05, 0) is 52.4 Å². The first-order valence-corrected chi connectivity index (χ1v) is 8.76. The Kier molecular flexibility index (Phi) is 8.54. The van der Waals surface area contributed by atoms with Crippen molar-refractivity contribution in [2.75, 3.05) is 13.1 Å². The zero-order valence-corrected chi connectivity index (χ0v) is 14.8. The van der Waals surface area contributed by atoms with Gasteiger partial charge in [0.1, 0.15) is 5.60 Å². The fraction of sp³-hybridized carbons (Fsp3) is 0.833. The second kappa shape index (κ2) is 9.88. The van der Waals surface area contributed by atoms with E-state index in [1.165, 1.54) is 38.5 Å². The van der Waals surface area contributed by atoms with Gasteiger partial charge >= 0.3 is 6.09 Å². The second-order valence-electron chi connectivity index (χ2n) is 7.27. The maximum absolute atomic E-state index is 11.4. The fourth-order valence-corrected chi connectivity index (χ4v) is 2.92. The van der Waals surface area contributed by atoms with E-state index in [1.54, 1.807) is 0 Å². The fourth-order valence-electron chi connectivity index (χ4n) is 2.92. The summed E-state index contributed by atoms with van der Waals surface area (Å²) in [6.45, 7) is 9.25. The molecule has 0 unspecified atom stereocenters. The largest absolute Gasteiger partial charge is 0.444 e. The Labute approximate surface area is 136 Å². The summed E-state index contributed by atoms with van der Waals surface area (Å²) >= 11 is 0. The first-order chi connectivity index (χ1) is 10.4. The number of rotatable bonds is 7. The summed E-state index contributed by atoms with van der Waals surface area (Å²) in [5.41, 5.74) is -0.439. The minimum absolute atomic E-state index is 0.362. The number of nitrogens with one attached hydrogen (secondary N) is 2. The van der Waals surface area contributed by atoms with Crippen LogP contribution in [0.2, 0.25) is 0 Å². The third-order valence-corrected chi connectivity index (χ3v) is 4.00. The van der Waals surface area contributed by atoms with E-state index in [0.717, 1.165) is 12.5 Å². The van der Waals surface area contributed by atoms with Crippen molar-refractivity contribution >= 4 is 6.09 Å². The van der Waals surface area contributed by atoms with Gasteiger partial charge in [-0.15, -0.1) is 0 Å². The molecule has 0 aliphatic heterocycles. The number of carbonyl (C=O) groups is 1. The van der Waals surface area contributed by atoms with E-state index in [-0.39, 0.29) is 6.09 Å². The Balaban J connectivity index is 2.04. The van der Waals surface area contributed by atoms with Gasteiger partial charge in [0.05, 0.1) is 0 Å². The molecule has 0 aromatic heterocycles. The van der Waals surface area contributed by atoms with Gasteiger partial charge in [-0.25, -0.2) is 4.79 Å². The number of hydrogen-bond acceptors (Lipinski definition) is 3. The Hall–Kier alpha value is -1.03. The average Bonchev–Trinajstić information content (AvgIpc) is 2.43. The van der Waals surface area contributed by atoms with E-state index in [2.05, 4.69) is 23.6 Å². The standard InChI is InChI=1S/C18H34N2O2/c1-5-8-15-9-11-16(12-10-15)19-13-6-7-14-20-17(21)22-18(2,3)4/h6-7,15-16,19H,5,8-14H2,1-4H3,(H,20,21)/b7-6+. The van der Waals surface area contributed by atoms with Gasteiger partial charge in [-0.2, -0.15) is 0 Å². The van der Waals surface area contributed by atoms with Crippen LogP contribution < -0.4 is 10.6 Å². The molecular formula is C18H34N2O2. The first-order valence-electron chi connectivity index (χ1n) is 8.76. The molecule has 0 heterocycles. The van der Waals surface area contributed by atoms with E-state index in [4.69, 9.17) is 4.74 Å². The molecule has 1 saturated carbocycles. The molecule has 128 valence electrons. The Bertz CT molecular complexity index is 339. The molecule has 0 bridgehead atoms. The van der Waals surface area contributed by atoms with Crippen molar-refractivity contribution in [3.8, 4) is 0 Å². The molecule has 4 nitrogen and oxygen atoms in total. The molecule has 0 radical (unpaired) electrons. The molecule has 2 N–H and O–H groups in total. The van der Waals surface area contributed by atoms with Crippen molar-refractivity contribution in [1.82, 2.24) is 10.6 Å². The molecule has 1 aliphatic carbocycles. The van der Waals surface area contributed by atoms with Crippen LogP contribution in [0.5, 0.6) is 0 Å². The Morgan fingerprint density at radius 3 is 2.36 bits per heavy atom. The van der Waals surface area contributed by atoms with Crippen LogP contribution in [0.15, 0.2) is 12.2 Å². The van der Waals surface area contributed by atoms with Crippen LogP contribution in [0, 0.1) is 5.92 Å². The lowest BCUT2D eigenvalue weighted by atomic mass is 9.83. The van der Waals surface area contributed by atoms with Crippen LogP contribution in [0.4, 0.5) is 4.79 Å². The van der Waals surface area contributed by atoms with Crippen LogP contribution in [0.1, 0.15) is 66.2 Å². The quantitative estimate of drug-likeness (QED) is 0.698. The maximum Gasteiger partial charge on any atom is 0.407 e. The topological polar surface area (TPSA) is 50.4 Å². The molecule has 1 fully saturated rings. The third-order valence-electron chi connectivity index (χ3n) is 4.00.